The summed E-state index contributed by atoms with van der Waals surface area (Å²) in [4.78, 5) is 5.93. The van der Waals surface area contributed by atoms with Gasteiger partial charge >= 0.3 is 0 Å². The van der Waals surface area contributed by atoms with Gasteiger partial charge in [-0.2, -0.15) is 0 Å². The summed E-state index contributed by atoms with van der Waals surface area (Å²) in [7, 11) is 0. The smallest absolute Gasteiger partial charge is 0.0145 e. The van der Waals surface area contributed by atoms with Crippen LogP contribution in [0.1, 0.15) is 11.3 Å². The first-order chi connectivity index (χ1) is 5.80. The summed E-state index contributed by atoms with van der Waals surface area (Å²) in [5.41, 5.74) is 2.60. The first kappa shape index (κ1) is 12.2. The van der Waals surface area contributed by atoms with E-state index in [2.05, 4.69) is 29.9 Å². The van der Waals surface area contributed by atoms with Gasteiger partial charge in [-0.1, -0.05) is 0 Å². The Labute approximate surface area is 91.5 Å². The molecule has 2 N–H and O–H groups in total. The van der Waals surface area contributed by atoms with Crippen molar-refractivity contribution in [3.05, 3.63) is 48.0 Å². The van der Waals surface area contributed by atoms with Gasteiger partial charge in [0.15, 0.2) is 0 Å². The van der Waals surface area contributed by atoms with Crippen LogP contribution in [0.5, 0.6) is 0 Å². The maximum absolute atomic E-state index is 3.07. The van der Waals surface area contributed by atoms with Gasteiger partial charge in [0.1, 0.15) is 0 Å². The zero-order chi connectivity index (χ0) is 8.81. The fourth-order valence-corrected chi connectivity index (χ4v) is 0.808. The molecule has 0 bridgehead atoms. The van der Waals surface area contributed by atoms with Gasteiger partial charge in [-0.3, -0.25) is 0 Å². The van der Waals surface area contributed by atoms with Gasteiger partial charge in [0, 0.05) is 43.8 Å². The molecule has 0 radical (unpaired) electrons. The maximum atomic E-state index is 3.07. The monoisotopic (exact) mass is 264 g/mol. The van der Waals surface area contributed by atoms with Crippen molar-refractivity contribution in [3.8, 4) is 0 Å². The third-order valence-corrected chi connectivity index (χ3v) is 1.72. The topological polar surface area (TPSA) is 31.6 Å². The summed E-state index contributed by atoms with van der Waals surface area (Å²) in [6, 6.07) is 5.95. The molecule has 0 amide bonds. The van der Waals surface area contributed by atoms with Gasteiger partial charge in [0.05, 0.1) is 0 Å². The predicted octanol–water partition coefficient (Wildman–Crippen LogP) is 2.64. The molecule has 0 fully saturated rings. The summed E-state index contributed by atoms with van der Waals surface area (Å²) in [6.07, 6.45) is 5.70. The van der Waals surface area contributed by atoms with Crippen LogP contribution in [-0.4, -0.2) is 9.97 Å². The van der Waals surface area contributed by atoms with E-state index in [0.717, 1.165) is 0 Å². The van der Waals surface area contributed by atoms with E-state index < -0.39 is 0 Å². The molecule has 0 spiro atoms. The van der Waals surface area contributed by atoms with Crippen LogP contribution in [-0.2, 0) is 19.5 Å². The molecule has 0 saturated heterocycles. The van der Waals surface area contributed by atoms with E-state index in [-0.39, 0.29) is 19.5 Å². The Kier molecular flexibility index (Phi) is 6.25. The quantitative estimate of drug-likeness (QED) is 0.685. The Morgan fingerprint density at radius 2 is 1.62 bits per heavy atom. The Balaban J connectivity index is 0.000000215. The summed E-state index contributed by atoms with van der Waals surface area (Å²) >= 11 is 0. The van der Waals surface area contributed by atoms with E-state index in [1.54, 1.807) is 0 Å². The van der Waals surface area contributed by atoms with Crippen molar-refractivity contribution in [2.75, 3.05) is 0 Å². The first-order valence-electron chi connectivity index (χ1n) is 3.99. The fourth-order valence-electron chi connectivity index (χ4n) is 0.808. The van der Waals surface area contributed by atoms with Crippen LogP contribution >= 0.6 is 0 Å². The maximum Gasteiger partial charge on any atom is 0.0145 e. The van der Waals surface area contributed by atoms with Gasteiger partial charge in [-0.15, -0.1) is 0 Å². The van der Waals surface area contributed by atoms with Crippen molar-refractivity contribution in [1.29, 1.82) is 0 Å². The second-order valence-electron chi connectivity index (χ2n) is 2.67. The van der Waals surface area contributed by atoms with E-state index in [9.17, 15) is 0 Å². The van der Waals surface area contributed by atoms with Crippen LogP contribution in [0.15, 0.2) is 36.8 Å². The number of aromatic nitrogens is 2. The molecule has 0 aliphatic rings. The molecule has 2 aromatic rings. The molecule has 72 valence electrons. The van der Waals surface area contributed by atoms with Gasteiger partial charge in [0.25, 0.3) is 0 Å². The fraction of sp³-hybridized carbons (Fsp3) is 0.200. The summed E-state index contributed by atoms with van der Waals surface area (Å²) < 4.78 is 0. The van der Waals surface area contributed by atoms with E-state index in [1.165, 1.54) is 11.3 Å². The zero-order valence-corrected chi connectivity index (χ0v) is 9.56. The van der Waals surface area contributed by atoms with Crippen molar-refractivity contribution in [3.63, 3.8) is 0 Å². The van der Waals surface area contributed by atoms with Crippen LogP contribution < -0.4 is 0 Å². The van der Waals surface area contributed by atoms with Crippen LogP contribution in [0.3, 0.4) is 0 Å². The number of hydrogen-bond acceptors (Lipinski definition) is 0. The minimum absolute atomic E-state index is 0. The predicted molar refractivity (Wildman–Crippen MR) is 51.1 cm³/mol. The second kappa shape index (κ2) is 6.67. The number of rotatable bonds is 0. The molecule has 2 heterocycles. The average molecular weight is 263 g/mol. The largest absolute Gasteiger partial charge is 0.368 e. The van der Waals surface area contributed by atoms with Crippen LogP contribution in [0.2, 0.25) is 0 Å². The van der Waals surface area contributed by atoms with Gasteiger partial charge in [-0.25, -0.2) is 0 Å². The Bertz CT molecular complexity index is 265. The second-order valence-corrected chi connectivity index (χ2v) is 2.67. The van der Waals surface area contributed by atoms with E-state index in [4.69, 9.17) is 0 Å². The molecule has 2 aromatic heterocycles. The van der Waals surface area contributed by atoms with Crippen LogP contribution in [0, 0.1) is 13.8 Å². The molecule has 0 aliphatic heterocycles. The minimum Gasteiger partial charge on any atom is -0.368 e. The number of aromatic amines is 2. The molecule has 0 unspecified atom stereocenters. The standard InChI is InChI=1S/C6H9N.C4H5N.Ru/c1-5-3-4-7-6(5)2;1-2-4-5-3-1;/h3-4,7H,1-2H3;1-5H;. The molecule has 2 rings (SSSR count). The molecule has 0 atom stereocenters. The van der Waals surface area contributed by atoms with Crippen LogP contribution in [0.25, 0.3) is 0 Å². The molecule has 2 nitrogen and oxygen atoms in total. The normalized spacial score (nSPS) is 8.15. The van der Waals surface area contributed by atoms with E-state index in [0.29, 0.717) is 0 Å². The minimum atomic E-state index is 0. The van der Waals surface area contributed by atoms with E-state index >= 15 is 0 Å². The van der Waals surface area contributed by atoms with Crippen LogP contribution in [0.4, 0.5) is 0 Å². The van der Waals surface area contributed by atoms with Crippen molar-refractivity contribution >= 4 is 0 Å². The molecule has 0 aliphatic carbocycles. The molecule has 0 saturated carbocycles. The van der Waals surface area contributed by atoms with E-state index in [1.807, 2.05) is 30.7 Å². The summed E-state index contributed by atoms with van der Waals surface area (Å²) in [6.45, 7) is 4.15. The first-order valence-corrected chi connectivity index (χ1v) is 3.99. The van der Waals surface area contributed by atoms with Crippen molar-refractivity contribution in [2.45, 2.75) is 13.8 Å². The number of H-pyrrole nitrogens is 2. The molecule has 0 aromatic carbocycles. The third-order valence-electron chi connectivity index (χ3n) is 1.72. The Morgan fingerprint density at radius 3 is 1.77 bits per heavy atom. The molecule has 3 heteroatoms. The third kappa shape index (κ3) is 4.69. The summed E-state index contributed by atoms with van der Waals surface area (Å²) in [5.74, 6) is 0. The molecule has 13 heavy (non-hydrogen) atoms. The SMILES string of the molecule is Cc1cc[nH]c1C.[Ru].c1cc[nH]c1. The molecular weight excluding hydrogens is 249 g/mol. The van der Waals surface area contributed by atoms with Gasteiger partial charge in [0.2, 0.25) is 0 Å². The zero-order valence-electron chi connectivity index (χ0n) is 7.82. The number of hydrogen-bond donors (Lipinski definition) is 2. The van der Waals surface area contributed by atoms with Gasteiger partial charge < -0.3 is 9.97 Å². The van der Waals surface area contributed by atoms with Crippen molar-refractivity contribution < 1.29 is 19.5 Å². The number of aryl methyl sites for hydroxylation is 2. The Morgan fingerprint density at radius 1 is 1.00 bits per heavy atom. The van der Waals surface area contributed by atoms with Crippen molar-refractivity contribution in [2.24, 2.45) is 0 Å². The summed E-state index contributed by atoms with van der Waals surface area (Å²) in [5, 5.41) is 0. The molecular formula is C10H14N2Ru. The van der Waals surface area contributed by atoms with Gasteiger partial charge in [-0.05, 0) is 37.6 Å². The average Bonchev–Trinajstić information content (AvgIpc) is 2.67. The Hall–Kier alpha value is -0.817. The van der Waals surface area contributed by atoms with Crippen molar-refractivity contribution in [1.82, 2.24) is 9.97 Å². The number of nitrogens with one attached hydrogen (secondary N) is 2.